The zero-order chi connectivity index (χ0) is 28.7. The van der Waals surface area contributed by atoms with Crippen molar-refractivity contribution in [3.05, 3.63) is 12.2 Å². The lowest BCUT2D eigenvalue weighted by Crippen LogP contribution is -2.18. The molecule has 0 aliphatic carbocycles. The Morgan fingerprint density at radius 2 is 0.923 bits per heavy atom. The highest BCUT2D eigenvalue weighted by molar-refractivity contribution is 5.69. The molecule has 0 spiro atoms. The maximum absolute atomic E-state index is 12.5. The van der Waals surface area contributed by atoms with Crippen molar-refractivity contribution in [1.29, 1.82) is 0 Å². The summed E-state index contributed by atoms with van der Waals surface area (Å²) in [7, 11) is 0. The van der Waals surface area contributed by atoms with E-state index >= 15 is 0 Å². The van der Waals surface area contributed by atoms with Gasteiger partial charge < -0.3 is 9.84 Å². The summed E-state index contributed by atoms with van der Waals surface area (Å²) in [4.78, 5) is 23.2. The highest BCUT2D eigenvalue weighted by atomic mass is 16.5. The maximum Gasteiger partial charge on any atom is 0.306 e. The second kappa shape index (κ2) is 31.2. The molecule has 39 heavy (non-hydrogen) atoms. The molecule has 4 nitrogen and oxygen atoms in total. The van der Waals surface area contributed by atoms with E-state index in [1.54, 1.807) is 0 Å². The highest BCUT2D eigenvalue weighted by Crippen LogP contribution is 2.18. The van der Waals surface area contributed by atoms with Crippen molar-refractivity contribution in [3.63, 3.8) is 0 Å². The van der Waals surface area contributed by atoms with E-state index in [2.05, 4.69) is 26.0 Å². The zero-order valence-electron chi connectivity index (χ0n) is 26.2. The number of hydrogen-bond acceptors (Lipinski definition) is 3. The molecule has 0 saturated heterocycles. The van der Waals surface area contributed by atoms with E-state index in [9.17, 15) is 9.59 Å². The lowest BCUT2D eigenvalue weighted by molar-refractivity contribution is -0.150. The molecular formula is C35H66O4. The molecule has 0 aliphatic heterocycles. The zero-order valence-corrected chi connectivity index (χ0v) is 26.2. The molecular weight excluding hydrogens is 484 g/mol. The Kier molecular flexibility index (Phi) is 30.2. The van der Waals surface area contributed by atoms with Crippen LogP contribution in [-0.2, 0) is 14.3 Å². The van der Waals surface area contributed by atoms with Crippen molar-refractivity contribution in [1.82, 2.24) is 0 Å². The van der Waals surface area contributed by atoms with Gasteiger partial charge in [0.05, 0.1) is 0 Å². The normalized spacial score (nSPS) is 12.3. The van der Waals surface area contributed by atoms with Crippen molar-refractivity contribution >= 4 is 11.9 Å². The first-order valence-corrected chi connectivity index (χ1v) is 17.2. The molecule has 0 fully saturated rings. The summed E-state index contributed by atoms with van der Waals surface area (Å²) in [6, 6.07) is 0. The number of rotatable bonds is 31. The minimum Gasteiger partial charge on any atom is -0.481 e. The Bertz CT molecular complexity index is 557. The van der Waals surface area contributed by atoms with Gasteiger partial charge in [0.15, 0.2) is 0 Å². The van der Waals surface area contributed by atoms with Crippen LogP contribution in [-0.4, -0.2) is 23.1 Å². The van der Waals surface area contributed by atoms with E-state index in [0.29, 0.717) is 6.42 Å². The van der Waals surface area contributed by atoms with Crippen LogP contribution >= 0.6 is 0 Å². The van der Waals surface area contributed by atoms with Crippen molar-refractivity contribution < 1.29 is 19.4 Å². The van der Waals surface area contributed by atoms with Gasteiger partial charge in [-0.05, 0) is 64.2 Å². The first kappa shape index (κ1) is 37.7. The summed E-state index contributed by atoms with van der Waals surface area (Å²) in [5, 5.41) is 8.78. The quantitative estimate of drug-likeness (QED) is 0.0529. The molecule has 0 radical (unpaired) electrons. The molecule has 1 N–H and O–H groups in total. The summed E-state index contributed by atoms with van der Waals surface area (Å²) in [5.41, 5.74) is 0. The minimum absolute atomic E-state index is 0.0230. The molecule has 0 aromatic rings. The molecule has 1 atom stereocenters. The monoisotopic (exact) mass is 550 g/mol. The lowest BCUT2D eigenvalue weighted by Gasteiger charge is -2.18. The third kappa shape index (κ3) is 31.1. The number of carbonyl (C=O) groups is 2. The Balaban J connectivity index is 3.87. The van der Waals surface area contributed by atoms with E-state index in [4.69, 9.17) is 9.84 Å². The fourth-order valence-electron chi connectivity index (χ4n) is 5.18. The van der Waals surface area contributed by atoms with Crippen LogP contribution in [0.4, 0.5) is 0 Å². The fourth-order valence-corrected chi connectivity index (χ4v) is 5.18. The standard InChI is InChI=1S/C35H66O4/c1-3-5-7-9-11-12-13-14-15-16-17-18-19-20-22-28-32-35(38)39-33(29-25-21-10-8-6-4-2)30-26-23-24-27-31-34(36)37/h15-16,33H,3-14,17-32H2,1-2H3,(H,36,37)/b16-15-. The molecule has 0 bridgehead atoms. The summed E-state index contributed by atoms with van der Waals surface area (Å²) >= 11 is 0. The van der Waals surface area contributed by atoms with Crippen LogP contribution in [0.15, 0.2) is 12.2 Å². The number of carbonyl (C=O) groups excluding carboxylic acids is 1. The molecule has 0 saturated carbocycles. The minimum atomic E-state index is -0.712. The lowest BCUT2D eigenvalue weighted by atomic mass is 10.0. The number of aliphatic carboxylic acids is 1. The third-order valence-corrected chi connectivity index (χ3v) is 7.74. The van der Waals surface area contributed by atoms with Crippen molar-refractivity contribution in [2.24, 2.45) is 0 Å². The summed E-state index contributed by atoms with van der Waals surface area (Å²) in [6.07, 6.45) is 36.5. The van der Waals surface area contributed by atoms with Gasteiger partial charge in [0.1, 0.15) is 6.10 Å². The number of carboxylic acids is 1. The highest BCUT2D eigenvalue weighted by Gasteiger charge is 2.14. The third-order valence-electron chi connectivity index (χ3n) is 7.74. The predicted molar refractivity (Wildman–Crippen MR) is 167 cm³/mol. The van der Waals surface area contributed by atoms with Gasteiger partial charge in [0.2, 0.25) is 0 Å². The number of unbranched alkanes of at least 4 members (excludes halogenated alkanes) is 20. The SMILES string of the molecule is CCCCCCCCC/C=C\CCCCCCCC(=O)OC(CCCCCCCC)CCCCCCC(=O)O. The average Bonchev–Trinajstić information content (AvgIpc) is 2.91. The molecule has 230 valence electrons. The Labute approximate surface area is 243 Å². The number of esters is 1. The van der Waals surface area contributed by atoms with E-state index in [0.717, 1.165) is 57.8 Å². The second-order valence-electron chi connectivity index (χ2n) is 11.7. The number of allylic oxidation sites excluding steroid dienone is 2. The molecule has 0 heterocycles. The maximum atomic E-state index is 12.5. The average molecular weight is 551 g/mol. The van der Waals surface area contributed by atoms with E-state index in [1.165, 1.54) is 109 Å². The van der Waals surface area contributed by atoms with Crippen LogP contribution in [0.2, 0.25) is 0 Å². The van der Waals surface area contributed by atoms with Gasteiger partial charge in [-0.2, -0.15) is 0 Å². The van der Waals surface area contributed by atoms with E-state index in [-0.39, 0.29) is 18.5 Å². The molecule has 0 aromatic heterocycles. The molecule has 1 unspecified atom stereocenters. The van der Waals surface area contributed by atoms with Crippen molar-refractivity contribution in [2.45, 2.75) is 200 Å². The van der Waals surface area contributed by atoms with Gasteiger partial charge in [-0.25, -0.2) is 0 Å². The van der Waals surface area contributed by atoms with Crippen LogP contribution in [0.1, 0.15) is 194 Å². The molecule has 0 amide bonds. The second-order valence-corrected chi connectivity index (χ2v) is 11.7. The smallest absolute Gasteiger partial charge is 0.306 e. The Morgan fingerprint density at radius 1 is 0.538 bits per heavy atom. The number of ether oxygens (including phenoxy) is 1. The molecule has 0 aliphatic rings. The van der Waals surface area contributed by atoms with Gasteiger partial charge in [0.25, 0.3) is 0 Å². The molecule has 0 rings (SSSR count). The van der Waals surface area contributed by atoms with Gasteiger partial charge in [-0.15, -0.1) is 0 Å². The number of hydrogen-bond donors (Lipinski definition) is 1. The number of carboxylic acid groups (broad SMARTS) is 1. The first-order valence-electron chi connectivity index (χ1n) is 17.2. The van der Waals surface area contributed by atoms with Gasteiger partial charge in [-0.3, -0.25) is 9.59 Å². The molecule has 4 heteroatoms. The summed E-state index contributed by atoms with van der Waals surface area (Å²) in [5.74, 6) is -0.735. The van der Waals surface area contributed by atoms with Crippen LogP contribution < -0.4 is 0 Å². The molecule has 0 aromatic carbocycles. The van der Waals surface area contributed by atoms with Crippen LogP contribution in [0.3, 0.4) is 0 Å². The van der Waals surface area contributed by atoms with Crippen LogP contribution in [0.5, 0.6) is 0 Å². The largest absolute Gasteiger partial charge is 0.481 e. The van der Waals surface area contributed by atoms with Crippen molar-refractivity contribution in [3.8, 4) is 0 Å². The summed E-state index contributed by atoms with van der Waals surface area (Å²) < 4.78 is 5.91. The first-order chi connectivity index (χ1) is 19.1. The fraction of sp³-hybridized carbons (Fsp3) is 0.886. The van der Waals surface area contributed by atoms with E-state index < -0.39 is 5.97 Å². The van der Waals surface area contributed by atoms with Crippen LogP contribution in [0.25, 0.3) is 0 Å². The van der Waals surface area contributed by atoms with E-state index in [1.807, 2.05) is 0 Å². The van der Waals surface area contributed by atoms with Gasteiger partial charge in [0, 0.05) is 12.8 Å². The Morgan fingerprint density at radius 3 is 1.38 bits per heavy atom. The topological polar surface area (TPSA) is 63.6 Å². The summed E-state index contributed by atoms with van der Waals surface area (Å²) in [6.45, 7) is 4.51. The van der Waals surface area contributed by atoms with Crippen molar-refractivity contribution in [2.75, 3.05) is 0 Å². The van der Waals surface area contributed by atoms with Crippen LogP contribution in [0, 0.1) is 0 Å². The predicted octanol–water partition coefficient (Wildman–Crippen LogP) is 11.5. The van der Waals surface area contributed by atoms with Gasteiger partial charge in [-0.1, -0.05) is 129 Å². The van der Waals surface area contributed by atoms with Gasteiger partial charge >= 0.3 is 11.9 Å². The Hall–Kier alpha value is -1.32.